The first-order valence-electron chi connectivity index (χ1n) is 8.17. The number of hydrogen-bond acceptors (Lipinski definition) is 3. The van der Waals surface area contributed by atoms with Gasteiger partial charge in [-0.15, -0.1) is 12.4 Å². The molecule has 1 aliphatic rings. The Bertz CT molecular complexity index is 653. The number of amides is 2. The second-order valence-electron chi connectivity index (χ2n) is 6.43. The predicted octanol–water partition coefficient (Wildman–Crippen LogP) is 3.16. The molecule has 1 aliphatic carbocycles. The maximum absolute atomic E-state index is 12.2. The Morgan fingerprint density at radius 2 is 1.96 bits per heavy atom. The van der Waals surface area contributed by atoms with Crippen LogP contribution >= 0.6 is 12.4 Å². The third-order valence-electron chi connectivity index (χ3n) is 4.39. The third-order valence-corrected chi connectivity index (χ3v) is 4.39. The van der Waals surface area contributed by atoms with Gasteiger partial charge in [-0.3, -0.25) is 9.59 Å². The zero-order valence-corrected chi connectivity index (χ0v) is 15.2. The fraction of sp³-hybridized carbons (Fsp3) is 0.529. The van der Waals surface area contributed by atoms with Crippen molar-refractivity contribution in [3.63, 3.8) is 0 Å². The van der Waals surface area contributed by atoms with Gasteiger partial charge in [-0.2, -0.15) is 13.2 Å². The Balaban J connectivity index is 0.00000338. The van der Waals surface area contributed by atoms with E-state index in [1.165, 1.54) is 12.1 Å². The molecule has 1 fully saturated rings. The molecule has 0 heterocycles. The Kier molecular flexibility index (Phi) is 7.89. The Labute approximate surface area is 156 Å². The molecule has 1 saturated carbocycles. The summed E-state index contributed by atoms with van der Waals surface area (Å²) in [6.45, 7) is 0.343. The second-order valence-corrected chi connectivity index (χ2v) is 6.43. The molecule has 2 amide bonds. The molecule has 9 heteroatoms. The van der Waals surface area contributed by atoms with E-state index >= 15 is 0 Å². The minimum atomic E-state index is -4.47. The molecule has 1 aromatic carbocycles. The summed E-state index contributed by atoms with van der Waals surface area (Å²) in [7, 11) is 0. The minimum Gasteiger partial charge on any atom is -0.343 e. The van der Waals surface area contributed by atoms with Crippen LogP contribution in [-0.4, -0.2) is 30.6 Å². The van der Waals surface area contributed by atoms with Crippen LogP contribution in [0.4, 0.5) is 18.9 Å². The van der Waals surface area contributed by atoms with Crippen molar-refractivity contribution in [2.45, 2.75) is 44.8 Å². The van der Waals surface area contributed by atoms with Gasteiger partial charge in [0.1, 0.15) is 6.54 Å². The zero-order valence-electron chi connectivity index (χ0n) is 14.4. The van der Waals surface area contributed by atoms with Crippen molar-refractivity contribution in [3.05, 3.63) is 29.3 Å². The predicted molar refractivity (Wildman–Crippen MR) is 95.4 cm³/mol. The summed E-state index contributed by atoms with van der Waals surface area (Å²) < 4.78 is 36.6. The van der Waals surface area contributed by atoms with Crippen molar-refractivity contribution in [2.24, 2.45) is 11.7 Å². The fourth-order valence-corrected chi connectivity index (χ4v) is 2.94. The van der Waals surface area contributed by atoms with Crippen LogP contribution in [0.15, 0.2) is 18.2 Å². The molecule has 26 heavy (non-hydrogen) atoms. The fourth-order valence-electron chi connectivity index (χ4n) is 2.94. The molecule has 0 saturated heterocycles. The molecule has 2 rings (SSSR count). The van der Waals surface area contributed by atoms with E-state index in [4.69, 9.17) is 5.73 Å². The number of carbonyl (C=O) groups excluding carboxylic acids is 2. The smallest absolute Gasteiger partial charge is 0.343 e. The molecule has 0 aromatic heterocycles. The number of nitrogens with two attached hydrogens (primary N) is 1. The summed E-state index contributed by atoms with van der Waals surface area (Å²) in [6, 6.07) is 4.41. The van der Waals surface area contributed by atoms with Crippen LogP contribution in [0.2, 0.25) is 0 Å². The molecule has 5 nitrogen and oxygen atoms in total. The van der Waals surface area contributed by atoms with E-state index in [2.05, 4.69) is 5.32 Å². The zero-order chi connectivity index (χ0) is 18.6. The molecule has 0 spiro atoms. The average Bonchev–Trinajstić information content (AvgIpc) is 2.91. The average molecular weight is 394 g/mol. The van der Waals surface area contributed by atoms with Crippen LogP contribution in [0.5, 0.6) is 0 Å². The minimum absolute atomic E-state index is 0. The van der Waals surface area contributed by atoms with Crippen LogP contribution in [0.1, 0.15) is 41.6 Å². The molecular weight excluding hydrogens is 371 g/mol. The van der Waals surface area contributed by atoms with Gasteiger partial charge in [-0.1, -0.05) is 12.5 Å². The van der Waals surface area contributed by atoms with Crippen molar-refractivity contribution in [3.8, 4) is 0 Å². The van der Waals surface area contributed by atoms with E-state index in [0.29, 0.717) is 12.1 Å². The van der Waals surface area contributed by atoms with E-state index in [9.17, 15) is 22.8 Å². The van der Waals surface area contributed by atoms with E-state index in [1.54, 1.807) is 13.0 Å². The normalized spacial score (nSPS) is 19.6. The summed E-state index contributed by atoms with van der Waals surface area (Å²) in [5.74, 6) is -0.914. The van der Waals surface area contributed by atoms with Gasteiger partial charge < -0.3 is 16.4 Å². The summed E-state index contributed by atoms with van der Waals surface area (Å²) in [6.07, 6.45) is -1.35. The van der Waals surface area contributed by atoms with Crippen LogP contribution in [0, 0.1) is 12.8 Å². The number of nitrogens with one attached hydrogen (secondary N) is 2. The van der Waals surface area contributed by atoms with E-state index in [1.807, 2.05) is 5.32 Å². The number of benzene rings is 1. The first kappa shape index (κ1) is 22.2. The maximum atomic E-state index is 12.2. The van der Waals surface area contributed by atoms with E-state index in [-0.39, 0.29) is 35.8 Å². The highest BCUT2D eigenvalue weighted by Gasteiger charge is 2.28. The lowest BCUT2D eigenvalue weighted by molar-refractivity contribution is -0.123. The quantitative estimate of drug-likeness (QED) is 0.718. The van der Waals surface area contributed by atoms with Crippen LogP contribution in [0.3, 0.4) is 0 Å². The number of rotatable bonds is 5. The molecule has 0 aliphatic heterocycles. The van der Waals surface area contributed by atoms with E-state index in [0.717, 1.165) is 24.8 Å². The lowest BCUT2D eigenvalue weighted by atomic mass is 9.99. The first-order chi connectivity index (χ1) is 11.7. The number of alkyl halides is 3. The number of aryl methyl sites for hydroxylation is 1. The highest BCUT2D eigenvalue weighted by atomic mass is 35.5. The van der Waals surface area contributed by atoms with Gasteiger partial charge in [0.05, 0.1) is 0 Å². The maximum Gasteiger partial charge on any atom is 0.405 e. The first-order valence-corrected chi connectivity index (χ1v) is 8.17. The number of anilines is 1. The van der Waals surface area contributed by atoms with Crippen molar-refractivity contribution in [1.82, 2.24) is 5.32 Å². The molecule has 146 valence electrons. The van der Waals surface area contributed by atoms with Gasteiger partial charge >= 0.3 is 6.18 Å². The van der Waals surface area contributed by atoms with Crippen LogP contribution in [0.25, 0.3) is 0 Å². The van der Waals surface area contributed by atoms with Crippen molar-refractivity contribution in [1.29, 1.82) is 0 Å². The van der Waals surface area contributed by atoms with Gasteiger partial charge in [0, 0.05) is 23.7 Å². The van der Waals surface area contributed by atoms with Gasteiger partial charge in [-0.05, 0) is 43.4 Å². The summed E-state index contributed by atoms with van der Waals surface area (Å²) in [5.41, 5.74) is 7.15. The van der Waals surface area contributed by atoms with Gasteiger partial charge in [0.25, 0.3) is 5.91 Å². The standard InChI is InChI=1S/C17H22F3N3O2.ClH/c1-10-5-6-12(16(25)22-9-17(18,19)20)7-14(10)23-15(24)8-11-3-2-4-13(11)21;/h5-7,11,13H,2-4,8-9,21H2,1H3,(H,22,25)(H,23,24);1H/t11-,13+;/m0./s1. The van der Waals surface area contributed by atoms with Gasteiger partial charge in [0.15, 0.2) is 0 Å². The lowest BCUT2D eigenvalue weighted by Gasteiger charge is -2.16. The SMILES string of the molecule is Cc1ccc(C(=O)NCC(F)(F)F)cc1NC(=O)C[C@@H]1CCC[C@H]1N.Cl. The monoisotopic (exact) mass is 393 g/mol. The van der Waals surface area contributed by atoms with Gasteiger partial charge in [0.2, 0.25) is 5.91 Å². The molecular formula is C17H23ClF3N3O2. The summed E-state index contributed by atoms with van der Waals surface area (Å²) >= 11 is 0. The van der Waals surface area contributed by atoms with Crippen molar-refractivity contribution in [2.75, 3.05) is 11.9 Å². The van der Waals surface area contributed by atoms with Crippen molar-refractivity contribution >= 4 is 29.9 Å². The summed E-state index contributed by atoms with van der Waals surface area (Å²) in [5, 5.41) is 4.54. The lowest BCUT2D eigenvalue weighted by Crippen LogP contribution is -2.33. The molecule has 4 N–H and O–H groups in total. The number of carbonyl (C=O) groups is 2. The largest absolute Gasteiger partial charge is 0.405 e. The number of halogens is 4. The molecule has 0 radical (unpaired) electrons. The highest BCUT2D eigenvalue weighted by molar-refractivity contribution is 5.97. The highest BCUT2D eigenvalue weighted by Crippen LogP contribution is 2.27. The van der Waals surface area contributed by atoms with E-state index < -0.39 is 18.6 Å². The van der Waals surface area contributed by atoms with Crippen molar-refractivity contribution < 1.29 is 22.8 Å². The number of hydrogen-bond donors (Lipinski definition) is 3. The van der Waals surface area contributed by atoms with Crippen LogP contribution < -0.4 is 16.4 Å². The topological polar surface area (TPSA) is 84.2 Å². The molecule has 1 aromatic rings. The van der Waals surface area contributed by atoms with Gasteiger partial charge in [-0.25, -0.2) is 0 Å². The summed E-state index contributed by atoms with van der Waals surface area (Å²) in [4.78, 5) is 24.0. The Morgan fingerprint density at radius 1 is 1.27 bits per heavy atom. The molecule has 0 bridgehead atoms. The third kappa shape index (κ3) is 6.49. The van der Waals surface area contributed by atoms with Crippen LogP contribution in [-0.2, 0) is 4.79 Å². The molecule has 0 unspecified atom stereocenters. The Hall–Kier alpha value is -1.80. The second kappa shape index (κ2) is 9.23. The molecule has 2 atom stereocenters. The Morgan fingerprint density at radius 3 is 2.54 bits per heavy atom.